The van der Waals surface area contributed by atoms with E-state index in [0.717, 1.165) is 16.0 Å². The minimum absolute atomic E-state index is 0.196. The Morgan fingerprint density at radius 1 is 1.13 bits per heavy atom. The molecule has 1 fully saturated rings. The van der Waals surface area contributed by atoms with Crippen molar-refractivity contribution in [2.75, 3.05) is 18.6 Å². The van der Waals surface area contributed by atoms with E-state index in [1.54, 1.807) is 31.2 Å². The number of barbiturate groups is 1. The number of nitrogens with zero attached hydrogens (tertiary/aromatic N) is 1. The van der Waals surface area contributed by atoms with Crippen LogP contribution < -0.4 is 19.7 Å². The number of urea groups is 1. The molecule has 4 amide bonds. The molecule has 3 rings (SSSR count). The van der Waals surface area contributed by atoms with E-state index in [-0.39, 0.29) is 10.6 Å². The third kappa shape index (κ3) is 4.02. The summed E-state index contributed by atoms with van der Waals surface area (Å²) in [6.45, 7) is 5.89. The maximum absolute atomic E-state index is 13.1. The molecular formula is C22H21ClN2O5. The van der Waals surface area contributed by atoms with E-state index in [2.05, 4.69) is 5.32 Å². The smallest absolute Gasteiger partial charge is 0.335 e. The Bertz CT molecular complexity index is 1080. The molecule has 0 saturated carbocycles. The van der Waals surface area contributed by atoms with Crippen LogP contribution in [0.5, 0.6) is 11.5 Å². The van der Waals surface area contributed by atoms with E-state index in [1.165, 1.54) is 13.2 Å². The normalized spacial score (nSPS) is 15.4. The Hall–Kier alpha value is -3.32. The van der Waals surface area contributed by atoms with Gasteiger partial charge in [-0.25, -0.2) is 9.69 Å². The second-order valence-electron chi connectivity index (χ2n) is 6.71. The first-order valence-electron chi connectivity index (χ1n) is 9.25. The largest absolute Gasteiger partial charge is 0.491 e. The molecule has 1 aliphatic heterocycles. The van der Waals surface area contributed by atoms with E-state index >= 15 is 0 Å². The lowest BCUT2D eigenvalue weighted by molar-refractivity contribution is -0.122. The van der Waals surface area contributed by atoms with Gasteiger partial charge < -0.3 is 9.47 Å². The van der Waals surface area contributed by atoms with Crippen LogP contribution in [0.2, 0.25) is 5.02 Å². The van der Waals surface area contributed by atoms with Gasteiger partial charge in [0.15, 0.2) is 11.5 Å². The first kappa shape index (κ1) is 21.4. The van der Waals surface area contributed by atoms with Crippen LogP contribution in [0.25, 0.3) is 6.08 Å². The first-order valence-corrected chi connectivity index (χ1v) is 9.63. The second kappa shape index (κ2) is 8.59. The van der Waals surface area contributed by atoms with Crippen molar-refractivity contribution in [2.24, 2.45) is 0 Å². The number of anilines is 1. The van der Waals surface area contributed by atoms with Crippen LogP contribution in [0.15, 0.2) is 35.9 Å². The fourth-order valence-corrected chi connectivity index (χ4v) is 3.53. The molecule has 1 heterocycles. The van der Waals surface area contributed by atoms with E-state index < -0.39 is 17.8 Å². The number of rotatable bonds is 5. The highest BCUT2D eigenvalue weighted by Gasteiger charge is 2.37. The van der Waals surface area contributed by atoms with Crippen molar-refractivity contribution in [3.05, 3.63) is 57.6 Å². The molecule has 0 bridgehead atoms. The number of carbonyl (C=O) groups is 3. The van der Waals surface area contributed by atoms with E-state index in [9.17, 15) is 14.4 Å². The molecule has 2 aromatic carbocycles. The van der Waals surface area contributed by atoms with E-state index in [0.29, 0.717) is 29.4 Å². The predicted molar refractivity (Wildman–Crippen MR) is 114 cm³/mol. The van der Waals surface area contributed by atoms with Crippen molar-refractivity contribution >= 4 is 41.2 Å². The van der Waals surface area contributed by atoms with Crippen molar-refractivity contribution < 1.29 is 23.9 Å². The summed E-state index contributed by atoms with van der Waals surface area (Å²) >= 11 is 6.26. The number of carbonyl (C=O) groups excluding carboxylic acids is 3. The molecule has 2 aromatic rings. The number of benzene rings is 2. The second-order valence-corrected chi connectivity index (χ2v) is 7.12. The first-order chi connectivity index (χ1) is 14.3. The van der Waals surface area contributed by atoms with Crippen LogP contribution in [0.1, 0.15) is 23.6 Å². The Balaban J connectivity index is 2.07. The summed E-state index contributed by atoms with van der Waals surface area (Å²) in [6.07, 6.45) is 1.37. The monoisotopic (exact) mass is 428 g/mol. The Morgan fingerprint density at radius 3 is 2.50 bits per heavy atom. The Morgan fingerprint density at radius 2 is 1.87 bits per heavy atom. The maximum Gasteiger partial charge on any atom is 0.335 e. The Kier molecular flexibility index (Phi) is 6.12. The van der Waals surface area contributed by atoms with E-state index in [1.807, 2.05) is 19.9 Å². The summed E-state index contributed by atoms with van der Waals surface area (Å²) in [7, 11) is 1.47. The SMILES string of the molecule is CCOc1cc(/C=C2\C(=O)NC(=O)N(c3ccc(C)cc3C)C2=O)cc(Cl)c1OC. The van der Waals surface area contributed by atoms with Gasteiger partial charge in [0.05, 0.1) is 24.4 Å². The van der Waals surface area contributed by atoms with Crippen molar-refractivity contribution in [1.82, 2.24) is 5.32 Å². The van der Waals surface area contributed by atoms with Gasteiger partial charge in [0, 0.05) is 0 Å². The number of nitrogens with one attached hydrogen (secondary N) is 1. The predicted octanol–water partition coefficient (Wildman–Crippen LogP) is 4.03. The fourth-order valence-electron chi connectivity index (χ4n) is 3.23. The number of imide groups is 2. The Labute approximate surface area is 179 Å². The maximum atomic E-state index is 13.1. The molecule has 0 radical (unpaired) electrons. The van der Waals surface area contributed by atoms with Gasteiger partial charge in [0.25, 0.3) is 11.8 Å². The van der Waals surface area contributed by atoms with Crippen molar-refractivity contribution in [2.45, 2.75) is 20.8 Å². The number of aryl methyl sites for hydroxylation is 2. The highest BCUT2D eigenvalue weighted by molar-refractivity contribution is 6.39. The zero-order valence-electron chi connectivity index (χ0n) is 17.0. The van der Waals surface area contributed by atoms with Crippen LogP contribution in [-0.4, -0.2) is 31.6 Å². The summed E-state index contributed by atoms with van der Waals surface area (Å²) < 4.78 is 10.8. The minimum Gasteiger partial charge on any atom is -0.491 e. The highest BCUT2D eigenvalue weighted by Crippen LogP contribution is 2.37. The molecule has 1 aliphatic rings. The molecule has 0 aromatic heterocycles. The summed E-state index contributed by atoms with van der Waals surface area (Å²) in [4.78, 5) is 38.9. The number of methoxy groups -OCH3 is 1. The highest BCUT2D eigenvalue weighted by atomic mass is 35.5. The average molecular weight is 429 g/mol. The lowest BCUT2D eigenvalue weighted by Gasteiger charge is -2.27. The average Bonchev–Trinajstić information content (AvgIpc) is 2.67. The summed E-state index contributed by atoms with van der Waals surface area (Å²) in [5.74, 6) is -0.769. The molecule has 8 heteroatoms. The van der Waals surface area contributed by atoms with Gasteiger partial charge in [-0.05, 0) is 56.2 Å². The molecule has 1 saturated heterocycles. The van der Waals surface area contributed by atoms with E-state index in [4.69, 9.17) is 21.1 Å². The number of halogens is 1. The standard InChI is InChI=1S/C22H21ClN2O5/c1-5-30-18-11-14(10-16(23)19(18)29-4)9-15-20(26)24-22(28)25(21(15)27)17-7-6-12(2)8-13(17)3/h6-11H,5H2,1-4H3,(H,24,26,28)/b15-9+. The van der Waals surface area contributed by atoms with Crippen LogP contribution in [0, 0.1) is 13.8 Å². The van der Waals surface area contributed by atoms with Crippen LogP contribution in [-0.2, 0) is 9.59 Å². The molecule has 0 unspecified atom stereocenters. The molecule has 156 valence electrons. The fraction of sp³-hybridized carbons (Fsp3) is 0.227. The van der Waals surface area contributed by atoms with Crippen LogP contribution in [0.3, 0.4) is 0 Å². The number of amides is 4. The van der Waals surface area contributed by atoms with Crippen LogP contribution >= 0.6 is 11.6 Å². The van der Waals surface area contributed by atoms with Gasteiger partial charge in [-0.3, -0.25) is 14.9 Å². The van der Waals surface area contributed by atoms with Gasteiger partial charge in [-0.2, -0.15) is 0 Å². The molecule has 0 spiro atoms. The third-order valence-electron chi connectivity index (χ3n) is 4.54. The van der Waals surface area contributed by atoms with Crippen molar-refractivity contribution in [1.29, 1.82) is 0 Å². The summed E-state index contributed by atoms with van der Waals surface area (Å²) in [6, 6.07) is 7.69. The molecule has 30 heavy (non-hydrogen) atoms. The lowest BCUT2D eigenvalue weighted by atomic mass is 10.0. The number of ether oxygens (including phenoxy) is 2. The number of hydrogen-bond acceptors (Lipinski definition) is 5. The van der Waals surface area contributed by atoms with Gasteiger partial charge in [-0.15, -0.1) is 0 Å². The number of hydrogen-bond donors (Lipinski definition) is 1. The van der Waals surface area contributed by atoms with Crippen LogP contribution in [0.4, 0.5) is 10.5 Å². The molecule has 0 aliphatic carbocycles. The summed E-state index contributed by atoms with van der Waals surface area (Å²) in [5.41, 5.74) is 2.39. The van der Waals surface area contributed by atoms with Gasteiger partial charge >= 0.3 is 6.03 Å². The minimum atomic E-state index is -0.795. The molecule has 7 nitrogen and oxygen atoms in total. The topological polar surface area (TPSA) is 84.9 Å². The van der Waals surface area contributed by atoms with Crippen molar-refractivity contribution in [3.8, 4) is 11.5 Å². The summed E-state index contributed by atoms with van der Waals surface area (Å²) in [5, 5.41) is 2.48. The molecule has 0 atom stereocenters. The van der Waals surface area contributed by atoms with Gasteiger partial charge in [-0.1, -0.05) is 29.3 Å². The lowest BCUT2D eigenvalue weighted by Crippen LogP contribution is -2.54. The zero-order chi connectivity index (χ0) is 22.0. The van der Waals surface area contributed by atoms with Gasteiger partial charge in [0.2, 0.25) is 0 Å². The zero-order valence-corrected chi connectivity index (χ0v) is 17.8. The van der Waals surface area contributed by atoms with Gasteiger partial charge in [0.1, 0.15) is 5.57 Å². The third-order valence-corrected chi connectivity index (χ3v) is 4.82. The van der Waals surface area contributed by atoms with Crippen molar-refractivity contribution in [3.63, 3.8) is 0 Å². The quantitative estimate of drug-likeness (QED) is 0.574. The molecule has 1 N–H and O–H groups in total. The molecular weight excluding hydrogens is 408 g/mol.